The SMILES string of the molecule is C[C@@H](NC(=O)c1ccc(CNC(=O)OC(C)(C)C)cc1)c1ccco1. The smallest absolute Gasteiger partial charge is 0.407 e. The van der Waals surface area contributed by atoms with Crippen LogP contribution in [0.5, 0.6) is 0 Å². The van der Waals surface area contributed by atoms with Crippen molar-refractivity contribution < 1.29 is 18.7 Å². The molecule has 134 valence electrons. The Bertz CT molecular complexity index is 700. The zero-order valence-electron chi connectivity index (χ0n) is 15.0. The molecule has 2 aromatic rings. The lowest BCUT2D eigenvalue weighted by atomic mass is 10.1. The van der Waals surface area contributed by atoms with Crippen molar-refractivity contribution in [3.63, 3.8) is 0 Å². The van der Waals surface area contributed by atoms with Gasteiger partial charge in [0.25, 0.3) is 5.91 Å². The highest BCUT2D eigenvalue weighted by atomic mass is 16.6. The molecule has 1 atom stereocenters. The Morgan fingerprint density at radius 3 is 2.40 bits per heavy atom. The first kappa shape index (κ1) is 18.6. The molecule has 1 heterocycles. The van der Waals surface area contributed by atoms with E-state index in [1.165, 1.54) is 0 Å². The molecule has 25 heavy (non-hydrogen) atoms. The van der Waals surface area contributed by atoms with Crippen LogP contribution in [0.25, 0.3) is 0 Å². The van der Waals surface area contributed by atoms with Gasteiger partial charge in [0, 0.05) is 12.1 Å². The maximum Gasteiger partial charge on any atom is 0.407 e. The standard InChI is InChI=1S/C19H24N2O4/c1-13(16-6-5-11-24-16)21-17(22)15-9-7-14(8-10-15)12-20-18(23)25-19(2,3)4/h5-11,13H,12H2,1-4H3,(H,20,23)(H,21,22)/t13-/m1/s1. The number of hydrogen-bond acceptors (Lipinski definition) is 4. The van der Waals surface area contributed by atoms with Gasteiger partial charge in [-0.1, -0.05) is 12.1 Å². The summed E-state index contributed by atoms with van der Waals surface area (Å²) in [6.45, 7) is 7.62. The fourth-order valence-corrected chi connectivity index (χ4v) is 2.15. The Hall–Kier alpha value is -2.76. The summed E-state index contributed by atoms with van der Waals surface area (Å²) < 4.78 is 10.5. The normalized spacial score (nSPS) is 12.3. The first-order valence-corrected chi connectivity index (χ1v) is 8.14. The number of ether oxygens (including phenoxy) is 1. The van der Waals surface area contributed by atoms with Gasteiger partial charge in [-0.3, -0.25) is 4.79 Å². The fraction of sp³-hybridized carbons (Fsp3) is 0.368. The van der Waals surface area contributed by atoms with Crippen LogP contribution < -0.4 is 10.6 Å². The third-order valence-corrected chi connectivity index (χ3v) is 3.37. The number of carbonyl (C=O) groups excluding carboxylic acids is 2. The Labute approximate surface area is 147 Å². The number of amides is 2. The van der Waals surface area contributed by atoms with E-state index in [0.717, 1.165) is 5.56 Å². The van der Waals surface area contributed by atoms with Gasteiger partial charge in [-0.2, -0.15) is 0 Å². The zero-order valence-corrected chi connectivity index (χ0v) is 15.0. The van der Waals surface area contributed by atoms with Crippen molar-refractivity contribution in [3.05, 3.63) is 59.5 Å². The molecule has 2 amide bonds. The average Bonchev–Trinajstić information content (AvgIpc) is 3.06. The molecule has 0 saturated carbocycles. The Morgan fingerprint density at radius 1 is 1.16 bits per heavy atom. The molecule has 0 spiro atoms. The molecule has 0 saturated heterocycles. The minimum atomic E-state index is -0.531. The first-order valence-electron chi connectivity index (χ1n) is 8.14. The highest BCUT2D eigenvalue weighted by Gasteiger charge is 2.16. The van der Waals surface area contributed by atoms with Crippen LogP contribution in [0.2, 0.25) is 0 Å². The predicted molar refractivity (Wildman–Crippen MR) is 94.1 cm³/mol. The summed E-state index contributed by atoms with van der Waals surface area (Å²) in [7, 11) is 0. The van der Waals surface area contributed by atoms with Crippen molar-refractivity contribution in [3.8, 4) is 0 Å². The van der Waals surface area contributed by atoms with Crippen LogP contribution in [0.4, 0.5) is 4.79 Å². The topological polar surface area (TPSA) is 80.6 Å². The van der Waals surface area contributed by atoms with Gasteiger partial charge in [0.1, 0.15) is 11.4 Å². The van der Waals surface area contributed by atoms with Gasteiger partial charge in [-0.25, -0.2) is 4.79 Å². The molecule has 0 aliphatic carbocycles. The molecule has 0 unspecified atom stereocenters. The van der Waals surface area contributed by atoms with E-state index in [2.05, 4.69) is 10.6 Å². The molecule has 6 heteroatoms. The van der Waals surface area contributed by atoms with Gasteiger partial charge < -0.3 is 19.8 Å². The molecule has 6 nitrogen and oxygen atoms in total. The highest BCUT2D eigenvalue weighted by Crippen LogP contribution is 2.14. The van der Waals surface area contributed by atoms with Crippen molar-refractivity contribution in [2.75, 3.05) is 0 Å². The predicted octanol–water partition coefficient (Wildman–Crippen LogP) is 3.80. The Balaban J connectivity index is 1.86. The molecule has 0 fully saturated rings. The second-order valence-corrected chi connectivity index (χ2v) is 6.76. The minimum absolute atomic E-state index is 0.185. The van der Waals surface area contributed by atoms with Gasteiger partial charge in [-0.15, -0.1) is 0 Å². The summed E-state index contributed by atoms with van der Waals surface area (Å²) in [6.07, 6.45) is 1.10. The Kier molecular flexibility index (Phi) is 5.85. The zero-order chi connectivity index (χ0) is 18.4. The van der Waals surface area contributed by atoms with Gasteiger partial charge in [0.15, 0.2) is 0 Å². The van der Waals surface area contributed by atoms with Crippen molar-refractivity contribution in [2.24, 2.45) is 0 Å². The monoisotopic (exact) mass is 344 g/mol. The van der Waals surface area contributed by atoms with Crippen molar-refractivity contribution in [2.45, 2.75) is 45.9 Å². The lowest BCUT2D eigenvalue weighted by Crippen LogP contribution is -2.32. The van der Waals surface area contributed by atoms with Crippen LogP contribution in [0.3, 0.4) is 0 Å². The fourth-order valence-electron chi connectivity index (χ4n) is 2.15. The second kappa shape index (κ2) is 7.88. The van der Waals surface area contributed by atoms with Crippen molar-refractivity contribution >= 4 is 12.0 Å². The van der Waals surface area contributed by atoms with E-state index in [1.54, 1.807) is 36.6 Å². The summed E-state index contributed by atoms with van der Waals surface area (Å²) in [5.74, 6) is 0.516. The number of nitrogens with one attached hydrogen (secondary N) is 2. The van der Waals surface area contributed by atoms with E-state index >= 15 is 0 Å². The summed E-state index contributed by atoms with van der Waals surface area (Å²) in [5.41, 5.74) is 0.886. The maximum atomic E-state index is 12.2. The molecule has 0 aliphatic rings. The van der Waals surface area contributed by atoms with Gasteiger partial charge in [0.05, 0.1) is 12.3 Å². The molecule has 1 aromatic heterocycles. The Morgan fingerprint density at radius 2 is 1.84 bits per heavy atom. The molecule has 2 N–H and O–H groups in total. The quantitative estimate of drug-likeness (QED) is 0.864. The van der Waals surface area contributed by atoms with Gasteiger partial charge in [-0.05, 0) is 57.5 Å². The molecule has 0 aliphatic heterocycles. The van der Waals surface area contributed by atoms with Crippen LogP contribution in [0.15, 0.2) is 47.1 Å². The number of carbonyl (C=O) groups is 2. The average molecular weight is 344 g/mol. The number of benzene rings is 1. The minimum Gasteiger partial charge on any atom is -0.467 e. The second-order valence-electron chi connectivity index (χ2n) is 6.76. The number of alkyl carbamates (subject to hydrolysis) is 1. The van der Waals surface area contributed by atoms with Crippen molar-refractivity contribution in [1.82, 2.24) is 10.6 Å². The van der Waals surface area contributed by atoms with Crippen LogP contribution in [0, 0.1) is 0 Å². The summed E-state index contributed by atoms with van der Waals surface area (Å²) in [5, 5.41) is 5.55. The molecular formula is C19H24N2O4. The molecule has 2 rings (SSSR count). The van der Waals surface area contributed by atoms with Crippen molar-refractivity contribution in [1.29, 1.82) is 0 Å². The lowest BCUT2D eigenvalue weighted by molar-refractivity contribution is 0.0523. The van der Waals surface area contributed by atoms with E-state index < -0.39 is 11.7 Å². The van der Waals surface area contributed by atoms with Gasteiger partial charge in [0.2, 0.25) is 0 Å². The lowest BCUT2D eigenvalue weighted by Gasteiger charge is -2.19. The highest BCUT2D eigenvalue weighted by molar-refractivity contribution is 5.94. The third-order valence-electron chi connectivity index (χ3n) is 3.37. The summed E-state index contributed by atoms with van der Waals surface area (Å²) in [6, 6.07) is 10.4. The number of hydrogen-bond donors (Lipinski definition) is 2. The molecule has 0 radical (unpaired) electrons. The van der Waals surface area contributed by atoms with E-state index in [9.17, 15) is 9.59 Å². The maximum absolute atomic E-state index is 12.2. The van der Waals surface area contributed by atoms with E-state index in [1.807, 2.05) is 33.8 Å². The third kappa shape index (κ3) is 5.99. The number of rotatable bonds is 5. The van der Waals surface area contributed by atoms with E-state index in [-0.39, 0.29) is 11.9 Å². The molecule has 0 bridgehead atoms. The van der Waals surface area contributed by atoms with E-state index in [0.29, 0.717) is 17.9 Å². The van der Waals surface area contributed by atoms with Gasteiger partial charge >= 0.3 is 6.09 Å². The largest absolute Gasteiger partial charge is 0.467 e. The van der Waals surface area contributed by atoms with Crippen LogP contribution in [0.1, 0.15) is 55.4 Å². The van der Waals surface area contributed by atoms with Crippen LogP contribution in [-0.2, 0) is 11.3 Å². The van der Waals surface area contributed by atoms with Crippen LogP contribution in [-0.4, -0.2) is 17.6 Å². The molecule has 1 aromatic carbocycles. The first-order chi connectivity index (χ1) is 11.7. The molecular weight excluding hydrogens is 320 g/mol. The summed E-state index contributed by atoms with van der Waals surface area (Å²) >= 11 is 0. The summed E-state index contributed by atoms with van der Waals surface area (Å²) in [4.78, 5) is 23.9. The van der Waals surface area contributed by atoms with E-state index in [4.69, 9.17) is 9.15 Å². The van der Waals surface area contributed by atoms with Crippen LogP contribution >= 0.6 is 0 Å². The number of furan rings is 1.